The van der Waals surface area contributed by atoms with Crippen molar-refractivity contribution in [3.05, 3.63) is 23.8 Å². The molecule has 7 nitrogen and oxygen atoms in total. The van der Waals surface area contributed by atoms with Crippen molar-refractivity contribution in [2.24, 2.45) is 0 Å². The fourth-order valence-electron chi connectivity index (χ4n) is 2.90. The van der Waals surface area contributed by atoms with Crippen LogP contribution < -0.4 is 10.1 Å². The molecule has 1 saturated heterocycles. The van der Waals surface area contributed by atoms with E-state index >= 15 is 0 Å². The fourth-order valence-corrected chi connectivity index (χ4v) is 2.90. The van der Waals surface area contributed by atoms with E-state index in [2.05, 4.69) is 10.2 Å². The number of hydrogen-bond acceptors (Lipinski definition) is 5. The zero-order chi connectivity index (χ0) is 18.0. The summed E-state index contributed by atoms with van der Waals surface area (Å²) in [5, 5.41) is 2.83. The highest BCUT2D eigenvalue weighted by atomic mass is 16.6. The van der Waals surface area contributed by atoms with E-state index in [0.717, 1.165) is 30.9 Å². The van der Waals surface area contributed by atoms with Crippen LogP contribution in [0.4, 0.5) is 10.5 Å². The zero-order valence-corrected chi connectivity index (χ0v) is 15.0. The topological polar surface area (TPSA) is 71.1 Å². The Kier molecular flexibility index (Phi) is 4.85. The SMILES string of the molecule is CC(C)(C)OC(=O)N1CCN(Cc2ccc3c(c2)NC(=O)CO3)CC1. The zero-order valence-electron chi connectivity index (χ0n) is 15.0. The van der Waals surface area contributed by atoms with Crippen molar-refractivity contribution in [3.8, 4) is 5.75 Å². The molecule has 2 aliphatic rings. The van der Waals surface area contributed by atoms with Crippen LogP contribution in [0.15, 0.2) is 18.2 Å². The van der Waals surface area contributed by atoms with Gasteiger partial charge in [-0.1, -0.05) is 6.07 Å². The fraction of sp³-hybridized carbons (Fsp3) is 0.556. The molecule has 1 aromatic rings. The quantitative estimate of drug-likeness (QED) is 0.887. The number of hydrogen-bond donors (Lipinski definition) is 1. The van der Waals surface area contributed by atoms with Crippen molar-refractivity contribution in [1.82, 2.24) is 9.80 Å². The van der Waals surface area contributed by atoms with E-state index in [4.69, 9.17) is 9.47 Å². The molecule has 2 amide bonds. The molecule has 2 heterocycles. The van der Waals surface area contributed by atoms with Crippen molar-refractivity contribution >= 4 is 17.7 Å². The summed E-state index contributed by atoms with van der Waals surface area (Å²) in [4.78, 5) is 27.6. The van der Waals surface area contributed by atoms with Gasteiger partial charge in [0.15, 0.2) is 6.61 Å². The first kappa shape index (κ1) is 17.5. The Morgan fingerprint density at radius 2 is 1.96 bits per heavy atom. The number of carbonyl (C=O) groups excluding carboxylic acids is 2. The molecule has 1 fully saturated rings. The summed E-state index contributed by atoms with van der Waals surface area (Å²) in [7, 11) is 0. The number of carbonyl (C=O) groups is 2. The maximum atomic E-state index is 12.1. The van der Waals surface area contributed by atoms with Crippen molar-refractivity contribution in [1.29, 1.82) is 0 Å². The molecule has 2 aliphatic heterocycles. The third kappa shape index (κ3) is 4.63. The molecule has 0 spiro atoms. The minimum absolute atomic E-state index is 0.0684. The number of rotatable bonds is 2. The second-order valence-corrected chi connectivity index (χ2v) is 7.41. The highest BCUT2D eigenvalue weighted by molar-refractivity contribution is 5.95. The van der Waals surface area contributed by atoms with Crippen molar-refractivity contribution in [2.45, 2.75) is 32.9 Å². The predicted molar refractivity (Wildman–Crippen MR) is 93.7 cm³/mol. The molecule has 0 aromatic heterocycles. The Hall–Kier alpha value is -2.28. The summed E-state index contributed by atoms with van der Waals surface area (Å²) in [6.45, 7) is 9.35. The summed E-state index contributed by atoms with van der Waals surface area (Å²) in [5.74, 6) is 0.578. The lowest BCUT2D eigenvalue weighted by Crippen LogP contribution is -2.49. The molecule has 7 heteroatoms. The van der Waals surface area contributed by atoms with Gasteiger partial charge in [0.05, 0.1) is 5.69 Å². The van der Waals surface area contributed by atoms with E-state index < -0.39 is 5.60 Å². The Morgan fingerprint density at radius 1 is 1.24 bits per heavy atom. The monoisotopic (exact) mass is 347 g/mol. The molecule has 3 rings (SSSR count). The van der Waals surface area contributed by atoms with Gasteiger partial charge in [-0.15, -0.1) is 0 Å². The van der Waals surface area contributed by atoms with Crippen LogP contribution in [-0.4, -0.2) is 60.2 Å². The van der Waals surface area contributed by atoms with Gasteiger partial charge in [0.1, 0.15) is 11.4 Å². The van der Waals surface area contributed by atoms with Gasteiger partial charge in [-0.25, -0.2) is 4.79 Å². The summed E-state index contributed by atoms with van der Waals surface area (Å²) in [6, 6.07) is 5.85. The summed E-state index contributed by atoms with van der Waals surface area (Å²) in [5.41, 5.74) is 1.36. The summed E-state index contributed by atoms with van der Waals surface area (Å²) < 4.78 is 10.8. The minimum Gasteiger partial charge on any atom is -0.482 e. The second kappa shape index (κ2) is 6.92. The smallest absolute Gasteiger partial charge is 0.410 e. The van der Waals surface area contributed by atoms with E-state index in [0.29, 0.717) is 18.8 Å². The largest absolute Gasteiger partial charge is 0.482 e. The third-order valence-corrected chi connectivity index (χ3v) is 4.11. The summed E-state index contributed by atoms with van der Waals surface area (Å²) >= 11 is 0. The van der Waals surface area contributed by atoms with Crippen LogP contribution in [0.1, 0.15) is 26.3 Å². The molecule has 25 heavy (non-hydrogen) atoms. The van der Waals surface area contributed by atoms with Gasteiger partial charge < -0.3 is 19.7 Å². The Labute approximate surface area is 147 Å². The average Bonchev–Trinajstić information content (AvgIpc) is 2.53. The van der Waals surface area contributed by atoms with Gasteiger partial charge in [-0.3, -0.25) is 9.69 Å². The number of fused-ring (bicyclic) bond motifs is 1. The highest BCUT2D eigenvalue weighted by Crippen LogP contribution is 2.29. The van der Waals surface area contributed by atoms with Crippen molar-refractivity contribution in [2.75, 3.05) is 38.1 Å². The van der Waals surface area contributed by atoms with Gasteiger partial charge >= 0.3 is 6.09 Å². The van der Waals surface area contributed by atoms with E-state index in [-0.39, 0.29) is 18.6 Å². The Bertz CT molecular complexity index is 661. The van der Waals surface area contributed by atoms with Crippen LogP contribution in [0.5, 0.6) is 5.75 Å². The predicted octanol–water partition coefficient (Wildman–Crippen LogP) is 2.07. The van der Waals surface area contributed by atoms with Crippen molar-refractivity contribution < 1.29 is 19.1 Å². The molecule has 1 aromatic carbocycles. The van der Waals surface area contributed by atoms with Crippen LogP contribution >= 0.6 is 0 Å². The number of nitrogens with one attached hydrogen (secondary N) is 1. The van der Waals surface area contributed by atoms with Gasteiger partial charge in [0, 0.05) is 32.7 Å². The number of anilines is 1. The van der Waals surface area contributed by atoms with Crippen LogP contribution in [0.3, 0.4) is 0 Å². The first-order chi connectivity index (χ1) is 11.8. The molecule has 0 aliphatic carbocycles. The number of piperazine rings is 1. The lowest BCUT2D eigenvalue weighted by molar-refractivity contribution is -0.118. The number of amides is 2. The highest BCUT2D eigenvalue weighted by Gasteiger charge is 2.26. The average molecular weight is 347 g/mol. The lowest BCUT2D eigenvalue weighted by atomic mass is 10.1. The van der Waals surface area contributed by atoms with E-state index in [1.165, 1.54) is 0 Å². The first-order valence-corrected chi connectivity index (χ1v) is 8.56. The first-order valence-electron chi connectivity index (χ1n) is 8.56. The van der Waals surface area contributed by atoms with Crippen LogP contribution in [0.25, 0.3) is 0 Å². The molecule has 0 saturated carbocycles. The minimum atomic E-state index is -0.468. The maximum absolute atomic E-state index is 12.1. The molecule has 136 valence electrons. The Morgan fingerprint density at radius 3 is 2.64 bits per heavy atom. The lowest BCUT2D eigenvalue weighted by Gasteiger charge is -2.35. The molecule has 0 bridgehead atoms. The molecule has 0 unspecified atom stereocenters. The van der Waals surface area contributed by atoms with Crippen molar-refractivity contribution in [3.63, 3.8) is 0 Å². The van der Waals surface area contributed by atoms with Gasteiger partial charge in [-0.05, 0) is 38.5 Å². The van der Waals surface area contributed by atoms with E-state index in [9.17, 15) is 9.59 Å². The van der Waals surface area contributed by atoms with Gasteiger partial charge in [0.2, 0.25) is 0 Å². The molecule has 1 N–H and O–H groups in total. The van der Waals surface area contributed by atoms with Gasteiger partial charge in [0.25, 0.3) is 5.91 Å². The number of benzene rings is 1. The maximum Gasteiger partial charge on any atom is 0.410 e. The molecule has 0 atom stereocenters. The van der Waals surface area contributed by atoms with Crippen LogP contribution in [0.2, 0.25) is 0 Å². The third-order valence-electron chi connectivity index (χ3n) is 4.11. The number of ether oxygens (including phenoxy) is 2. The molecular weight excluding hydrogens is 322 g/mol. The molecule has 0 radical (unpaired) electrons. The molecular formula is C18H25N3O4. The van der Waals surface area contributed by atoms with E-state index in [1.54, 1.807) is 4.90 Å². The normalized spacial score (nSPS) is 18.2. The Balaban J connectivity index is 1.53. The van der Waals surface area contributed by atoms with E-state index in [1.807, 2.05) is 39.0 Å². The van der Waals surface area contributed by atoms with Gasteiger partial charge in [-0.2, -0.15) is 0 Å². The van der Waals surface area contributed by atoms with Crippen LogP contribution in [0, 0.1) is 0 Å². The van der Waals surface area contributed by atoms with Crippen LogP contribution in [-0.2, 0) is 16.1 Å². The second-order valence-electron chi connectivity index (χ2n) is 7.41. The summed E-state index contributed by atoms with van der Waals surface area (Å²) in [6.07, 6.45) is -0.249. The number of nitrogens with zero attached hydrogens (tertiary/aromatic N) is 2. The standard InChI is InChI=1S/C18H25N3O4/c1-18(2,3)25-17(23)21-8-6-20(7-9-21)11-13-4-5-15-14(10-13)19-16(22)12-24-15/h4-5,10H,6-9,11-12H2,1-3H3,(H,19,22).